The molecule has 1 N–H and O–H groups in total. The number of aromatic amines is 1. The van der Waals surface area contributed by atoms with Crippen molar-refractivity contribution in [3.05, 3.63) is 45.4 Å². The Bertz CT molecular complexity index is 802. The number of nitrogens with zero attached hydrogens (tertiary/aromatic N) is 3. The van der Waals surface area contributed by atoms with E-state index in [9.17, 15) is 0 Å². The smallest absolute Gasteiger partial charge is 0.145 e. The van der Waals surface area contributed by atoms with E-state index >= 15 is 0 Å². The molecule has 0 atom stereocenters. The molecular formula is C13H9BrN4S. The second kappa shape index (κ2) is 4.25. The summed E-state index contributed by atoms with van der Waals surface area (Å²) in [7, 11) is 0. The van der Waals surface area contributed by atoms with Crippen LogP contribution in [0, 0.1) is 0 Å². The van der Waals surface area contributed by atoms with Crippen LogP contribution in [0.1, 0.15) is 16.4 Å². The number of H-pyrrole nitrogens is 1. The largest absolute Gasteiger partial charge is 0.348 e. The van der Waals surface area contributed by atoms with Gasteiger partial charge in [-0.3, -0.25) is 4.99 Å². The lowest BCUT2D eigenvalue weighted by Crippen LogP contribution is -2.13. The Labute approximate surface area is 121 Å². The van der Waals surface area contributed by atoms with Crippen molar-refractivity contribution in [2.45, 2.75) is 6.42 Å². The van der Waals surface area contributed by atoms with E-state index in [4.69, 9.17) is 0 Å². The minimum absolute atomic E-state index is 0.793. The van der Waals surface area contributed by atoms with Gasteiger partial charge in [-0.25, -0.2) is 9.97 Å². The summed E-state index contributed by atoms with van der Waals surface area (Å²) in [6.45, 7) is 0.793. The summed E-state index contributed by atoms with van der Waals surface area (Å²) in [4.78, 5) is 16.8. The Morgan fingerprint density at radius 1 is 1.32 bits per heavy atom. The van der Waals surface area contributed by atoms with Gasteiger partial charge in [0.25, 0.3) is 0 Å². The van der Waals surface area contributed by atoms with E-state index in [2.05, 4.69) is 35.9 Å². The van der Waals surface area contributed by atoms with Crippen LogP contribution in [0.3, 0.4) is 0 Å². The molecule has 0 spiro atoms. The van der Waals surface area contributed by atoms with Gasteiger partial charge in [-0.05, 0) is 28.1 Å². The minimum atomic E-state index is 0.793. The quantitative estimate of drug-likeness (QED) is 0.744. The van der Waals surface area contributed by atoms with Crippen molar-refractivity contribution in [2.75, 3.05) is 6.54 Å². The van der Waals surface area contributed by atoms with Gasteiger partial charge in [0.15, 0.2) is 0 Å². The molecule has 19 heavy (non-hydrogen) atoms. The van der Waals surface area contributed by atoms with E-state index in [1.54, 1.807) is 17.7 Å². The summed E-state index contributed by atoms with van der Waals surface area (Å²) in [6.07, 6.45) is 2.65. The summed E-state index contributed by atoms with van der Waals surface area (Å²) in [5.74, 6) is 0. The number of thiazole rings is 1. The summed E-state index contributed by atoms with van der Waals surface area (Å²) in [5.41, 5.74) is 4.01. The maximum absolute atomic E-state index is 4.68. The predicted molar refractivity (Wildman–Crippen MR) is 80.1 cm³/mol. The van der Waals surface area contributed by atoms with Crippen LogP contribution >= 0.6 is 27.3 Å². The number of aromatic nitrogens is 3. The number of imidazole rings is 1. The summed E-state index contributed by atoms with van der Waals surface area (Å²) < 4.78 is 2.23. The number of halogens is 1. The summed E-state index contributed by atoms with van der Waals surface area (Å²) in [5, 5.41) is 0.940. The highest BCUT2D eigenvalue weighted by molar-refractivity contribution is 9.10. The molecule has 3 heterocycles. The molecule has 94 valence electrons. The molecule has 0 saturated heterocycles. The van der Waals surface area contributed by atoms with E-state index in [-0.39, 0.29) is 0 Å². The maximum Gasteiger partial charge on any atom is 0.145 e. The zero-order valence-electron chi connectivity index (χ0n) is 9.85. The van der Waals surface area contributed by atoms with Crippen molar-refractivity contribution in [3.8, 4) is 0 Å². The van der Waals surface area contributed by atoms with Gasteiger partial charge in [0, 0.05) is 23.1 Å². The first kappa shape index (κ1) is 11.3. The standard InChI is InChI=1S/C13H9BrN4S/c14-7-2-1-3-9-12(7)19-13(18-9)11-10-8(4-5-15-11)16-6-17-10/h1-3,6H,4-5H2,(H,16,17). The van der Waals surface area contributed by atoms with Gasteiger partial charge in [0.2, 0.25) is 0 Å². The molecule has 0 amide bonds. The lowest BCUT2D eigenvalue weighted by atomic mass is 10.1. The molecule has 0 fully saturated rings. The van der Waals surface area contributed by atoms with Gasteiger partial charge in [-0.15, -0.1) is 11.3 Å². The third-order valence-electron chi connectivity index (χ3n) is 3.14. The van der Waals surface area contributed by atoms with Crippen molar-refractivity contribution in [1.29, 1.82) is 0 Å². The second-order valence-electron chi connectivity index (χ2n) is 4.32. The van der Waals surface area contributed by atoms with Gasteiger partial charge in [0.05, 0.1) is 16.5 Å². The average molecular weight is 333 g/mol. The van der Waals surface area contributed by atoms with Crippen molar-refractivity contribution >= 4 is 43.2 Å². The average Bonchev–Trinajstić information content (AvgIpc) is 3.05. The van der Waals surface area contributed by atoms with E-state index in [0.29, 0.717) is 0 Å². The zero-order valence-corrected chi connectivity index (χ0v) is 12.3. The number of hydrogen-bond acceptors (Lipinski definition) is 4. The number of rotatable bonds is 1. The Balaban J connectivity index is 1.92. The minimum Gasteiger partial charge on any atom is -0.348 e. The van der Waals surface area contributed by atoms with Crippen LogP contribution in [0.4, 0.5) is 0 Å². The molecule has 0 saturated carbocycles. The van der Waals surface area contributed by atoms with E-state index in [0.717, 1.165) is 49.8 Å². The van der Waals surface area contributed by atoms with Crippen LogP contribution in [0.25, 0.3) is 10.2 Å². The van der Waals surface area contributed by atoms with Crippen LogP contribution in [0.2, 0.25) is 0 Å². The first-order valence-corrected chi connectivity index (χ1v) is 7.56. The molecule has 6 heteroatoms. The third kappa shape index (κ3) is 1.74. The molecule has 0 unspecified atom stereocenters. The number of aliphatic imine (C=N–C) groups is 1. The molecule has 4 nitrogen and oxygen atoms in total. The molecule has 4 rings (SSSR count). The van der Waals surface area contributed by atoms with E-state index < -0.39 is 0 Å². The van der Waals surface area contributed by atoms with Gasteiger partial charge in [-0.2, -0.15) is 0 Å². The fourth-order valence-corrected chi connectivity index (χ4v) is 3.83. The van der Waals surface area contributed by atoms with Crippen LogP contribution in [-0.4, -0.2) is 27.2 Å². The third-order valence-corrected chi connectivity index (χ3v) is 5.18. The van der Waals surface area contributed by atoms with Gasteiger partial charge >= 0.3 is 0 Å². The molecule has 0 bridgehead atoms. The van der Waals surface area contributed by atoms with E-state index in [1.807, 2.05) is 18.2 Å². The molecule has 0 aliphatic carbocycles. The monoisotopic (exact) mass is 332 g/mol. The molecule has 1 aliphatic rings. The Morgan fingerprint density at radius 2 is 2.26 bits per heavy atom. The summed E-state index contributed by atoms with van der Waals surface area (Å²) >= 11 is 5.22. The van der Waals surface area contributed by atoms with Crippen LogP contribution in [-0.2, 0) is 6.42 Å². The Morgan fingerprint density at radius 3 is 3.16 bits per heavy atom. The SMILES string of the molecule is Brc1cccc2nc(C3=NCCc4[nH]cnc43)sc12. The molecular weight excluding hydrogens is 324 g/mol. The Kier molecular flexibility index (Phi) is 2.53. The normalized spacial score (nSPS) is 14.5. The molecule has 1 aromatic carbocycles. The Hall–Kier alpha value is -1.53. The van der Waals surface area contributed by atoms with Crippen LogP contribution in [0.15, 0.2) is 34.0 Å². The van der Waals surface area contributed by atoms with Crippen molar-refractivity contribution < 1.29 is 0 Å². The fourth-order valence-electron chi connectivity index (χ4n) is 2.26. The van der Waals surface area contributed by atoms with E-state index in [1.165, 1.54) is 0 Å². The highest BCUT2D eigenvalue weighted by atomic mass is 79.9. The molecule has 0 radical (unpaired) electrons. The first-order valence-electron chi connectivity index (χ1n) is 5.95. The van der Waals surface area contributed by atoms with Gasteiger partial charge in [0.1, 0.15) is 16.4 Å². The fraction of sp³-hybridized carbons (Fsp3) is 0.154. The number of nitrogens with one attached hydrogen (secondary N) is 1. The van der Waals surface area contributed by atoms with Crippen molar-refractivity contribution in [2.24, 2.45) is 4.99 Å². The lowest BCUT2D eigenvalue weighted by molar-refractivity contribution is 0.911. The first-order chi connectivity index (χ1) is 9.33. The molecule has 3 aromatic rings. The maximum atomic E-state index is 4.68. The van der Waals surface area contributed by atoms with Crippen molar-refractivity contribution in [3.63, 3.8) is 0 Å². The highest BCUT2D eigenvalue weighted by Crippen LogP contribution is 2.31. The van der Waals surface area contributed by atoms with Crippen molar-refractivity contribution in [1.82, 2.24) is 15.0 Å². The van der Waals surface area contributed by atoms with Gasteiger partial charge < -0.3 is 4.98 Å². The van der Waals surface area contributed by atoms with Crippen LogP contribution in [0.5, 0.6) is 0 Å². The highest BCUT2D eigenvalue weighted by Gasteiger charge is 2.21. The van der Waals surface area contributed by atoms with Gasteiger partial charge in [-0.1, -0.05) is 6.07 Å². The van der Waals surface area contributed by atoms with Crippen LogP contribution < -0.4 is 0 Å². The summed E-state index contributed by atoms with van der Waals surface area (Å²) in [6, 6.07) is 6.06. The zero-order chi connectivity index (χ0) is 12.8. The predicted octanol–water partition coefficient (Wildman–Crippen LogP) is 3.18. The topological polar surface area (TPSA) is 53.9 Å². The molecule has 2 aromatic heterocycles. The second-order valence-corrected chi connectivity index (χ2v) is 6.17. The number of hydrogen-bond donors (Lipinski definition) is 1. The molecule has 1 aliphatic heterocycles. The lowest BCUT2D eigenvalue weighted by Gasteiger charge is -2.08. The number of benzene rings is 1. The number of fused-ring (bicyclic) bond motifs is 2.